The lowest BCUT2D eigenvalue weighted by Gasteiger charge is -2.40. The predicted molar refractivity (Wildman–Crippen MR) is 89.6 cm³/mol. The molecule has 0 aliphatic heterocycles. The maximum absolute atomic E-state index is 12.6. The highest BCUT2D eigenvalue weighted by Crippen LogP contribution is 3.02. The van der Waals surface area contributed by atoms with E-state index in [1.54, 1.807) is 12.1 Å². The third kappa shape index (κ3) is 5.62. The molecule has 2 aromatic carbocycles. The van der Waals surface area contributed by atoms with Crippen LogP contribution in [0, 0.1) is 0 Å². The maximum atomic E-state index is 12.6. The van der Waals surface area contributed by atoms with Gasteiger partial charge in [0.15, 0.2) is 0 Å². The van der Waals surface area contributed by atoms with Crippen LogP contribution < -0.4 is 9.47 Å². The Kier molecular flexibility index (Phi) is 4.97. The highest BCUT2D eigenvalue weighted by molar-refractivity contribution is 8.45. The van der Waals surface area contributed by atoms with E-state index in [1.807, 2.05) is 6.92 Å². The second-order valence-corrected chi connectivity index (χ2v) is 7.97. The zero-order valence-corrected chi connectivity index (χ0v) is 14.6. The molecule has 2 rings (SSSR count). The first-order valence-electron chi connectivity index (χ1n) is 7.68. The van der Waals surface area contributed by atoms with Crippen molar-refractivity contribution in [3.8, 4) is 11.5 Å². The van der Waals surface area contributed by atoms with Gasteiger partial charge >= 0.3 is 16.2 Å². The normalized spacial score (nSPS) is 14.2. The van der Waals surface area contributed by atoms with Gasteiger partial charge in [0.25, 0.3) is 0 Å². The number of carbonyl (C=O) groups excluding carboxylic acids is 1. The Balaban J connectivity index is 2.04. The number of hydrogen-bond donors (Lipinski definition) is 0. The van der Waals surface area contributed by atoms with Gasteiger partial charge in [-0.2, -0.15) is 0 Å². The van der Waals surface area contributed by atoms with Crippen molar-refractivity contribution in [2.75, 3.05) is 6.61 Å². The van der Waals surface area contributed by atoms with Crippen LogP contribution in [0.25, 0.3) is 0 Å². The summed E-state index contributed by atoms with van der Waals surface area (Å²) in [6.45, 7) is 2.56. The summed E-state index contributed by atoms with van der Waals surface area (Å²) < 4.78 is 73.5. The molecule has 0 aliphatic rings. The standard InChI is InChI=1S/C17H17F5O3S/c1-2-3-12-24-14-6-4-13(5-7-14)17(23)25-15-8-10-16(11-9-15)26(18,19,20,21)22/h4-11H,2-3,12H2,1H3. The summed E-state index contributed by atoms with van der Waals surface area (Å²) in [6.07, 6.45) is 1.87. The van der Waals surface area contributed by atoms with Gasteiger partial charge < -0.3 is 9.47 Å². The first kappa shape index (κ1) is 20.0. The first-order valence-corrected chi connectivity index (χ1v) is 9.63. The minimum absolute atomic E-state index is 0.143. The molecule has 0 aromatic heterocycles. The van der Waals surface area contributed by atoms with Gasteiger partial charge in [-0.1, -0.05) is 32.8 Å². The van der Waals surface area contributed by atoms with E-state index < -0.39 is 21.1 Å². The van der Waals surface area contributed by atoms with Gasteiger partial charge in [-0.05, 0) is 55.0 Å². The molecule has 0 heterocycles. The molecule has 2 aromatic rings. The highest BCUT2D eigenvalue weighted by Gasteiger charge is 2.65. The molecule has 144 valence electrons. The van der Waals surface area contributed by atoms with Crippen molar-refractivity contribution in [1.82, 2.24) is 0 Å². The molecular weight excluding hydrogens is 379 g/mol. The molecule has 0 amide bonds. The fourth-order valence-corrected chi connectivity index (χ4v) is 2.60. The Labute approximate surface area is 147 Å². The zero-order chi connectivity index (χ0) is 19.5. The molecule has 0 N–H and O–H groups in total. The first-order chi connectivity index (χ1) is 11.9. The van der Waals surface area contributed by atoms with Crippen LogP contribution in [-0.4, -0.2) is 12.6 Å². The molecule has 0 bridgehead atoms. The van der Waals surface area contributed by atoms with Gasteiger partial charge in [0, 0.05) is 0 Å². The van der Waals surface area contributed by atoms with E-state index in [1.165, 1.54) is 12.1 Å². The van der Waals surface area contributed by atoms with Crippen LogP contribution in [0.15, 0.2) is 53.4 Å². The summed E-state index contributed by atoms with van der Waals surface area (Å²) in [5.41, 5.74) is 0.143. The highest BCUT2D eigenvalue weighted by atomic mass is 32.5. The van der Waals surface area contributed by atoms with Crippen molar-refractivity contribution in [3.63, 3.8) is 0 Å². The predicted octanol–water partition coefficient (Wildman–Crippen LogP) is 6.74. The van der Waals surface area contributed by atoms with Crippen LogP contribution in [0.3, 0.4) is 0 Å². The lowest BCUT2D eigenvalue weighted by molar-refractivity contribution is 0.0734. The molecular formula is C17H17F5O3S. The SMILES string of the molecule is CCCCOc1ccc(C(=O)Oc2ccc(S(F)(F)(F)(F)F)cc2)cc1. The van der Waals surface area contributed by atoms with Gasteiger partial charge in [-0.15, -0.1) is 0 Å². The maximum Gasteiger partial charge on any atom is 0.343 e. The Hall–Kier alpha value is -2.29. The second kappa shape index (κ2) is 6.46. The number of hydrogen-bond acceptors (Lipinski definition) is 3. The van der Waals surface area contributed by atoms with Crippen LogP contribution in [-0.2, 0) is 0 Å². The smallest absolute Gasteiger partial charge is 0.343 e. The van der Waals surface area contributed by atoms with Crippen molar-refractivity contribution in [2.24, 2.45) is 0 Å². The third-order valence-electron chi connectivity index (χ3n) is 3.34. The van der Waals surface area contributed by atoms with Crippen LogP contribution in [0.4, 0.5) is 19.4 Å². The number of halogens is 5. The number of carbonyl (C=O) groups is 1. The van der Waals surface area contributed by atoms with E-state index >= 15 is 0 Å². The zero-order valence-electron chi connectivity index (χ0n) is 13.8. The van der Waals surface area contributed by atoms with Gasteiger partial charge in [0.2, 0.25) is 0 Å². The minimum atomic E-state index is -9.74. The molecule has 3 nitrogen and oxygen atoms in total. The van der Waals surface area contributed by atoms with Crippen LogP contribution in [0.2, 0.25) is 0 Å². The molecule has 0 saturated heterocycles. The fourth-order valence-electron chi connectivity index (χ4n) is 1.95. The minimum Gasteiger partial charge on any atom is -0.494 e. The number of rotatable bonds is 7. The lowest BCUT2D eigenvalue weighted by Crippen LogP contribution is -2.09. The van der Waals surface area contributed by atoms with E-state index in [9.17, 15) is 24.2 Å². The van der Waals surface area contributed by atoms with Gasteiger partial charge in [0.05, 0.1) is 12.2 Å². The Morgan fingerprint density at radius 1 is 0.885 bits per heavy atom. The molecule has 0 aliphatic carbocycles. The third-order valence-corrected chi connectivity index (χ3v) is 4.50. The Morgan fingerprint density at radius 3 is 1.92 bits per heavy atom. The molecule has 0 fully saturated rings. The van der Waals surface area contributed by atoms with E-state index in [-0.39, 0.29) is 23.4 Å². The summed E-state index contributed by atoms with van der Waals surface area (Å²) in [5, 5.41) is 0. The molecule has 26 heavy (non-hydrogen) atoms. The molecule has 0 unspecified atom stereocenters. The molecule has 0 spiro atoms. The number of unbranched alkanes of at least 4 members (excludes halogenated alkanes) is 1. The van der Waals surface area contributed by atoms with E-state index in [2.05, 4.69) is 0 Å². The largest absolute Gasteiger partial charge is 0.494 e. The summed E-state index contributed by atoms with van der Waals surface area (Å²) >= 11 is 0. The van der Waals surface area contributed by atoms with Crippen LogP contribution in [0.5, 0.6) is 11.5 Å². The summed E-state index contributed by atoms with van der Waals surface area (Å²) in [5.74, 6) is -0.538. The summed E-state index contributed by atoms with van der Waals surface area (Å²) in [7, 11) is -9.74. The molecule has 9 heteroatoms. The Bertz CT molecular complexity index is 771. The second-order valence-electron chi connectivity index (χ2n) is 5.56. The summed E-state index contributed by atoms with van der Waals surface area (Å²) in [6, 6.07) is 7.72. The molecule has 0 radical (unpaired) electrons. The molecule has 0 atom stereocenters. The van der Waals surface area contributed by atoms with Gasteiger partial charge in [-0.25, -0.2) is 4.79 Å². The molecule has 0 saturated carbocycles. The topological polar surface area (TPSA) is 35.5 Å². The quantitative estimate of drug-likeness (QED) is 0.225. The van der Waals surface area contributed by atoms with Crippen molar-refractivity contribution in [3.05, 3.63) is 54.1 Å². The van der Waals surface area contributed by atoms with E-state index in [0.717, 1.165) is 12.8 Å². The average Bonchev–Trinajstić information content (AvgIpc) is 2.54. The van der Waals surface area contributed by atoms with Crippen molar-refractivity contribution >= 4 is 16.2 Å². The van der Waals surface area contributed by atoms with Crippen molar-refractivity contribution < 1.29 is 33.7 Å². The van der Waals surface area contributed by atoms with E-state index in [0.29, 0.717) is 24.5 Å². The average molecular weight is 396 g/mol. The van der Waals surface area contributed by atoms with Crippen LogP contribution >= 0.6 is 10.2 Å². The van der Waals surface area contributed by atoms with Gasteiger partial charge in [-0.3, -0.25) is 0 Å². The number of esters is 1. The number of ether oxygens (including phenoxy) is 2. The lowest BCUT2D eigenvalue weighted by atomic mass is 10.2. The Morgan fingerprint density at radius 2 is 1.42 bits per heavy atom. The monoisotopic (exact) mass is 396 g/mol. The summed E-state index contributed by atoms with van der Waals surface area (Å²) in [4.78, 5) is 9.92. The fraction of sp³-hybridized carbons (Fsp3) is 0.235. The van der Waals surface area contributed by atoms with E-state index in [4.69, 9.17) is 9.47 Å². The van der Waals surface area contributed by atoms with Crippen LogP contribution in [0.1, 0.15) is 30.1 Å². The van der Waals surface area contributed by atoms with Crippen molar-refractivity contribution in [2.45, 2.75) is 24.7 Å². The van der Waals surface area contributed by atoms with Gasteiger partial charge in [0.1, 0.15) is 16.4 Å². The number of benzene rings is 2. The van der Waals surface area contributed by atoms with Crippen molar-refractivity contribution in [1.29, 1.82) is 0 Å².